The molecule has 0 saturated carbocycles. The fourth-order valence-electron chi connectivity index (χ4n) is 2.97. The molecule has 3 atom stereocenters. The average molecular weight is 398 g/mol. The molecule has 4 nitrogen and oxygen atoms in total. The SMILES string of the molecule is COc1ccc([C@@H]2NC(=O)[C@@H](Sc3ccccc3)[C@@H](c3cccs3)O2)cc1. The van der Waals surface area contributed by atoms with Gasteiger partial charge in [-0.15, -0.1) is 23.1 Å². The highest BCUT2D eigenvalue weighted by Crippen LogP contribution is 2.42. The normalized spacial score (nSPS) is 22.3. The largest absolute Gasteiger partial charge is 0.497 e. The molecule has 1 N–H and O–H groups in total. The maximum atomic E-state index is 13.0. The second-order valence-electron chi connectivity index (χ2n) is 6.09. The van der Waals surface area contributed by atoms with Crippen LogP contribution >= 0.6 is 23.1 Å². The van der Waals surface area contributed by atoms with E-state index < -0.39 is 6.23 Å². The van der Waals surface area contributed by atoms with Crippen molar-refractivity contribution in [2.45, 2.75) is 22.5 Å². The van der Waals surface area contributed by atoms with E-state index in [2.05, 4.69) is 5.32 Å². The van der Waals surface area contributed by atoms with Crippen molar-refractivity contribution in [1.82, 2.24) is 5.32 Å². The first kappa shape index (κ1) is 18.1. The smallest absolute Gasteiger partial charge is 0.238 e. The Morgan fingerprint density at radius 3 is 2.48 bits per heavy atom. The highest BCUT2D eigenvalue weighted by molar-refractivity contribution is 8.00. The molecule has 6 heteroatoms. The third kappa shape index (κ3) is 4.03. The van der Waals surface area contributed by atoms with Crippen molar-refractivity contribution >= 4 is 29.0 Å². The molecule has 27 heavy (non-hydrogen) atoms. The number of benzene rings is 2. The first-order valence-electron chi connectivity index (χ1n) is 8.59. The molecule has 0 radical (unpaired) electrons. The summed E-state index contributed by atoms with van der Waals surface area (Å²) in [5.41, 5.74) is 0.897. The lowest BCUT2D eigenvalue weighted by molar-refractivity contribution is -0.141. The summed E-state index contributed by atoms with van der Waals surface area (Å²) in [5, 5.41) is 4.68. The van der Waals surface area contributed by atoms with Gasteiger partial charge in [-0.1, -0.05) is 36.4 Å². The lowest BCUT2D eigenvalue weighted by atomic mass is 10.1. The van der Waals surface area contributed by atoms with Crippen LogP contribution in [0, 0.1) is 0 Å². The Labute approximate surface area is 166 Å². The van der Waals surface area contributed by atoms with E-state index in [1.807, 2.05) is 72.1 Å². The fourth-order valence-corrected chi connectivity index (χ4v) is 4.97. The maximum absolute atomic E-state index is 13.0. The molecule has 0 unspecified atom stereocenters. The van der Waals surface area contributed by atoms with E-state index >= 15 is 0 Å². The van der Waals surface area contributed by atoms with Gasteiger partial charge in [0.25, 0.3) is 0 Å². The summed E-state index contributed by atoms with van der Waals surface area (Å²) in [6.45, 7) is 0. The average Bonchev–Trinajstić information content (AvgIpc) is 3.25. The zero-order valence-corrected chi connectivity index (χ0v) is 16.3. The Kier molecular flexibility index (Phi) is 5.48. The summed E-state index contributed by atoms with van der Waals surface area (Å²) in [7, 11) is 1.63. The van der Waals surface area contributed by atoms with Gasteiger partial charge in [0.05, 0.1) is 7.11 Å². The second-order valence-corrected chi connectivity index (χ2v) is 8.28. The summed E-state index contributed by atoms with van der Waals surface area (Å²) in [6, 6.07) is 21.5. The molecule has 1 aromatic heterocycles. The third-order valence-corrected chi connectivity index (χ3v) is 6.53. The minimum atomic E-state index is -0.483. The van der Waals surface area contributed by atoms with Crippen LogP contribution < -0.4 is 10.1 Å². The number of thiophene rings is 1. The van der Waals surface area contributed by atoms with Crippen molar-refractivity contribution in [2.24, 2.45) is 0 Å². The number of methoxy groups -OCH3 is 1. The standard InChI is InChI=1S/C21H19NO3S2/c1-24-15-11-9-14(10-12-15)21-22-20(23)19(27-16-6-3-2-4-7-16)18(25-21)17-8-5-13-26-17/h2-13,18-19,21H,1H3,(H,22,23)/t18-,19+,21-/m1/s1. The van der Waals surface area contributed by atoms with Crippen molar-refractivity contribution < 1.29 is 14.3 Å². The van der Waals surface area contributed by atoms with Crippen LogP contribution in [0.2, 0.25) is 0 Å². The summed E-state index contributed by atoms with van der Waals surface area (Å²) in [5.74, 6) is 0.752. The molecular formula is C21H19NO3S2. The highest BCUT2D eigenvalue weighted by Gasteiger charge is 2.40. The van der Waals surface area contributed by atoms with E-state index in [1.165, 1.54) is 11.8 Å². The monoisotopic (exact) mass is 397 g/mol. The van der Waals surface area contributed by atoms with Crippen LogP contribution in [-0.4, -0.2) is 18.3 Å². The molecule has 138 valence electrons. The summed E-state index contributed by atoms with van der Waals surface area (Å²) < 4.78 is 11.6. The van der Waals surface area contributed by atoms with Crippen molar-refractivity contribution in [3.63, 3.8) is 0 Å². The number of rotatable bonds is 5. The zero-order valence-electron chi connectivity index (χ0n) is 14.7. The van der Waals surface area contributed by atoms with E-state index in [0.717, 1.165) is 21.1 Å². The second kappa shape index (κ2) is 8.17. The number of carbonyl (C=O) groups is 1. The van der Waals surface area contributed by atoms with E-state index in [0.29, 0.717) is 0 Å². The first-order valence-corrected chi connectivity index (χ1v) is 10.4. The molecule has 3 aromatic rings. The number of amides is 1. The van der Waals surface area contributed by atoms with E-state index in [-0.39, 0.29) is 17.3 Å². The Hall–Kier alpha value is -2.28. The molecular weight excluding hydrogens is 378 g/mol. The van der Waals surface area contributed by atoms with E-state index in [9.17, 15) is 4.79 Å². The quantitative estimate of drug-likeness (QED) is 0.672. The first-order chi connectivity index (χ1) is 13.2. The van der Waals surface area contributed by atoms with Gasteiger partial charge >= 0.3 is 0 Å². The van der Waals surface area contributed by atoms with Gasteiger partial charge in [-0.25, -0.2) is 0 Å². The molecule has 2 heterocycles. The Balaban J connectivity index is 1.61. The van der Waals surface area contributed by atoms with Gasteiger partial charge in [-0.3, -0.25) is 4.79 Å². The Morgan fingerprint density at radius 1 is 1.04 bits per heavy atom. The third-order valence-electron chi connectivity index (χ3n) is 4.34. The minimum absolute atomic E-state index is 0.0191. The van der Waals surface area contributed by atoms with Crippen LogP contribution in [0.1, 0.15) is 22.8 Å². The molecule has 1 fully saturated rings. The Morgan fingerprint density at radius 2 is 1.81 bits per heavy atom. The molecule has 1 aliphatic heterocycles. The van der Waals surface area contributed by atoms with Crippen LogP contribution in [0.15, 0.2) is 77.0 Å². The predicted octanol–water partition coefficient (Wildman–Crippen LogP) is 4.80. The highest BCUT2D eigenvalue weighted by atomic mass is 32.2. The van der Waals surface area contributed by atoms with Crippen molar-refractivity contribution in [3.05, 3.63) is 82.6 Å². The van der Waals surface area contributed by atoms with Crippen LogP contribution in [0.4, 0.5) is 0 Å². The van der Waals surface area contributed by atoms with Crippen LogP contribution in [-0.2, 0) is 9.53 Å². The molecule has 0 spiro atoms. The summed E-state index contributed by atoms with van der Waals surface area (Å²) >= 11 is 3.14. The number of thioether (sulfide) groups is 1. The van der Waals surface area contributed by atoms with Gasteiger partial charge in [0.15, 0.2) is 6.23 Å². The van der Waals surface area contributed by atoms with Gasteiger partial charge in [0.1, 0.15) is 17.1 Å². The number of nitrogens with one attached hydrogen (secondary N) is 1. The Bertz CT molecular complexity index is 882. The predicted molar refractivity (Wildman–Crippen MR) is 108 cm³/mol. The van der Waals surface area contributed by atoms with Gasteiger partial charge in [-0.2, -0.15) is 0 Å². The number of ether oxygens (including phenoxy) is 2. The molecule has 0 aliphatic carbocycles. The minimum Gasteiger partial charge on any atom is -0.497 e. The summed E-state index contributed by atoms with van der Waals surface area (Å²) in [4.78, 5) is 15.1. The fraction of sp³-hybridized carbons (Fsp3) is 0.190. The van der Waals surface area contributed by atoms with Crippen LogP contribution in [0.5, 0.6) is 5.75 Å². The van der Waals surface area contributed by atoms with Gasteiger partial charge in [0.2, 0.25) is 5.91 Å². The summed E-state index contributed by atoms with van der Waals surface area (Å²) in [6.07, 6.45) is -0.792. The van der Waals surface area contributed by atoms with Gasteiger partial charge in [0, 0.05) is 15.3 Å². The molecule has 1 aliphatic rings. The van der Waals surface area contributed by atoms with E-state index in [4.69, 9.17) is 9.47 Å². The van der Waals surface area contributed by atoms with E-state index in [1.54, 1.807) is 18.4 Å². The van der Waals surface area contributed by atoms with Gasteiger partial charge in [-0.05, 0) is 35.7 Å². The van der Waals surface area contributed by atoms with Gasteiger partial charge < -0.3 is 14.8 Å². The number of carbonyl (C=O) groups excluding carboxylic acids is 1. The molecule has 4 rings (SSSR count). The maximum Gasteiger partial charge on any atom is 0.238 e. The van der Waals surface area contributed by atoms with Crippen molar-refractivity contribution in [3.8, 4) is 5.75 Å². The van der Waals surface area contributed by atoms with Crippen LogP contribution in [0.25, 0.3) is 0 Å². The molecule has 1 amide bonds. The topological polar surface area (TPSA) is 47.6 Å². The lowest BCUT2D eigenvalue weighted by Gasteiger charge is -2.36. The zero-order chi connectivity index (χ0) is 18.6. The van der Waals surface area contributed by atoms with Crippen molar-refractivity contribution in [2.75, 3.05) is 7.11 Å². The molecule has 1 saturated heterocycles. The lowest BCUT2D eigenvalue weighted by Crippen LogP contribution is -2.46. The molecule has 0 bridgehead atoms. The number of hydrogen-bond acceptors (Lipinski definition) is 5. The number of hydrogen-bond donors (Lipinski definition) is 1. The van der Waals surface area contributed by atoms with Crippen LogP contribution in [0.3, 0.4) is 0 Å². The molecule has 2 aromatic carbocycles. The van der Waals surface area contributed by atoms with Crippen molar-refractivity contribution in [1.29, 1.82) is 0 Å².